The van der Waals surface area contributed by atoms with E-state index in [-0.39, 0.29) is 5.82 Å². The SMILES string of the molecule is CC(C)CNCC(Cc1cccc(F)c1)Cc1ccco1. The molecule has 21 heavy (non-hydrogen) atoms. The van der Waals surface area contributed by atoms with Gasteiger partial charge in [0.25, 0.3) is 0 Å². The minimum absolute atomic E-state index is 0.167. The van der Waals surface area contributed by atoms with Crippen molar-refractivity contribution in [2.45, 2.75) is 26.7 Å². The molecule has 3 heteroatoms. The molecule has 1 heterocycles. The predicted molar refractivity (Wildman–Crippen MR) is 83.7 cm³/mol. The van der Waals surface area contributed by atoms with E-state index in [2.05, 4.69) is 19.2 Å². The number of halogens is 1. The van der Waals surface area contributed by atoms with Crippen molar-refractivity contribution in [1.82, 2.24) is 5.32 Å². The number of nitrogens with one attached hydrogen (secondary N) is 1. The Morgan fingerprint density at radius 1 is 1.10 bits per heavy atom. The smallest absolute Gasteiger partial charge is 0.123 e. The lowest BCUT2D eigenvalue weighted by molar-refractivity contribution is 0.404. The topological polar surface area (TPSA) is 25.2 Å². The minimum atomic E-state index is -0.167. The predicted octanol–water partition coefficient (Wildman–Crippen LogP) is 4.07. The molecule has 0 spiro atoms. The molecule has 0 radical (unpaired) electrons. The van der Waals surface area contributed by atoms with Crippen LogP contribution in [0.15, 0.2) is 47.1 Å². The van der Waals surface area contributed by atoms with Gasteiger partial charge < -0.3 is 9.73 Å². The molecule has 0 fully saturated rings. The molecule has 2 rings (SSSR count). The van der Waals surface area contributed by atoms with Crippen molar-refractivity contribution in [2.75, 3.05) is 13.1 Å². The lowest BCUT2D eigenvalue weighted by Gasteiger charge is -2.18. The maximum absolute atomic E-state index is 13.3. The van der Waals surface area contributed by atoms with E-state index in [1.807, 2.05) is 18.2 Å². The Labute approximate surface area is 126 Å². The second kappa shape index (κ2) is 7.99. The van der Waals surface area contributed by atoms with Crippen molar-refractivity contribution in [3.8, 4) is 0 Å². The van der Waals surface area contributed by atoms with Gasteiger partial charge in [-0.05, 0) is 61.2 Å². The lowest BCUT2D eigenvalue weighted by Crippen LogP contribution is -2.28. The first-order valence-electron chi connectivity index (χ1n) is 7.61. The Balaban J connectivity index is 1.96. The van der Waals surface area contributed by atoms with Crippen LogP contribution in [0.1, 0.15) is 25.2 Å². The van der Waals surface area contributed by atoms with Crippen LogP contribution in [-0.2, 0) is 12.8 Å². The van der Waals surface area contributed by atoms with Crippen molar-refractivity contribution in [3.63, 3.8) is 0 Å². The highest BCUT2D eigenvalue weighted by Crippen LogP contribution is 2.16. The van der Waals surface area contributed by atoms with E-state index >= 15 is 0 Å². The first kappa shape index (κ1) is 15.8. The van der Waals surface area contributed by atoms with E-state index in [4.69, 9.17) is 4.42 Å². The fourth-order valence-corrected chi connectivity index (χ4v) is 2.50. The van der Waals surface area contributed by atoms with Crippen LogP contribution >= 0.6 is 0 Å². The second-order valence-corrected chi connectivity index (χ2v) is 6.04. The normalized spacial score (nSPS) is 12.8. The Morgan fingerprint density at radius 3 is 2.62 bits per heavy atom. The van der Waals surface area contributed by atoms with E-state index < -0.39 is 0 Å². The molecule has 0 aliphatic carbocycles. The first-order chi connectivity index (χ1) is 10.1. The average Bonchev–Trinajstić information content (AvgIpc) is 2.91. The van der Waals surface area contributed by atoms with Crippen LogP contribution in [0.2, 0.25) is 0 Å². The van der Waals surface area contributed by atoms with E-state index in [1.165, 1.54) is 6.07 Å². The monoisotopic (exact) mass is 289 g/mol. The molecule has 0 aliphatic heterocycles. The number of hydrogen-bond donors (Lipinski definition) is 1. The molecule has 0 saturated carbocycles. The third-order valence-corrected chi connectivity index (χ3v) is 3.47. The molecule has 1 aromatic heterocycles. The van der Waals surface area contributed by atoms with Gasteiger partial charge in [-0.3, -0.25) is 0 Å². The maximum atomic E-state index is 13.3. The molecule has 1 atom stereocenters. The molecule has 2 aromatic rings. The molecule has 2 nitrogen and oxygen atoms in total. The fraction of sp³-hybridized carbons (Fsp3) is 0.444. The molecule has 114 valence electrons. The van der Waals surface area contributed by atoms with Gasteiger partial charge in [-0.15, -0.1) is 0 Å². The van der Waals surface area contributed by atoms with Crippen LogP contribution in [-0.4, -0.2) is 13.1 Å². The highest BCUT2D eigenvalue weighted by atomic mass is 19.1. The quantitative estimate of drug-likeness (QED) is 0.792. The van der Waals surface area contributed by atoms with Gasteiger partial charge in [0, 0.05) is 6.42 Å². The van der Waals surface area contributed by atoms with Crippen molar-refractivity contribution >= 4 is 0 Å². The largest absolute Gasteiger partial charge is 0.469 e. The Kier molecular flexibility index (Phi) is 6.00. The van der Waals surface area contributed by atoms with Crippen molar-refractivity contribution < 1.29 is 8.81 Å². The summed E-state index contributed by atoms with van der Waals surface area (Å²) in [5.41, 5.74) is 1.04. The highest BCUT2D eigenvalue weighted by Gasteiger charge is 2.13. The molecule has 0 aliphatic rings. The molecule has 0 amide bonds. The Hall–Kier alpha value is -1.61. The summed E-state index contributed by atoms with van der Waals surface area (Å²) in [6.45, 7) is 6.30. The molecular weight excluding hydrogens is 265 g/mol. The van der Waals surface area contributed by atoms with E-state index in [0.717, 1.165) is 37.3 Å². The molecule has 0 saturated heterocycles. The van der Waals surface area contributed by atoms with Crippen LogP contribution in [0.5, 0.6) is 0 Å². The fourth-order valence-electron chi connectivity index (χ4n) is 2.50. The van der Waals surface area contributed by atoms with Crippen LogP contribution in [0.4, 0.5) is 4.39 Å². The van der Waals surface area contributed by atoms with E-state index in [0.29, 0.717) is 11.8 Å². The van der Waals surface area contributed by atoms with Gasteiger partial charge in [0.15, 0.2) is 0 Å². The van der Waals surface area contributed by atoms with Gasteiger partial charge in [0.2, 0.25) is 0 Å². The maximum Gasteiger partial charge on any atom is 0.123 e. The Morgan fingerprint density at radius 2 is 1.95 bits per heavy atom. The van der Waals surface area contributed by atoms with Crippen LogP contribution in [0, 0.1) is 17.7 Å². The Bertz CT molecular complexity index is 522. The summed E-state index contributed by atoms with van der Waals surface area (Å²) in [6, 6.07) is 10.8. The number of rotatable bonds is 8. The van der Waals surface area contributed by atoms with Crippen LogP contribution in [0.3, 0.4) is 0 Å². The van der Waals surface area contributed by atoms with Gasteiger partial charge in [-0.2, -0.15) is 0 Å². The number of furan rings is 1. The number of benzene rings is 1. The van der Waals surface area contributed by atoms with E-state index in [9.17, 15) is 4.39 Å². The standard InChI is InChI=1S/C18H24FNO/c1-14(2)12-20-13-16(11-18-7-4-8-21-18)9-15-5-3-6-17(19)10-15/h3-8,10,14,16,20H,9,11-13H2,1-2H3. The van der Waals surface area contributed by atoms with Crippen molar-refractivity contribution in [1.29, 1.82) is 0 Å². The summed E-state index contributed by atoms with van der Waals surface area (Å²) in [5.74, 6) is 1.85. The van der Waals surface area contributed by atoms with E-state index in [1.54, 1.807) is 18.4 Å². The summed E-state index contributed by atoms with van der Waals surface area (Å²) >= 11 is 0. The van der Waals surface area contributed by atoms with Crippen molar-refractivity contribution in [3.05, 3.63) is 59.8 Å². The highest BCUT2D eigenvalue weighted by molar-refractivity contribution is 5.17. The van der Waals surface area contributed by atoms with Gasteiger partial charge in [0.1, 0.15) is 11.6 Å². The summed E-state index contributed by atoms with van der Waals surface area (Å²) in [7, 11) is 0. The van der Waals surface area contributed by atoms with Crippen LogP contribution in [0.25, 0.3) is 0 Å². The molecule has 0 bridgehead atoms. The third kappa shape index (κ3) is 5.72. The summed E-state index contributed by atoms with van der Waals surface area (Å²) < 4.78 is 18.8. The summed E-state index contributed by atoms with van der Waals surface area (Å²) in [4.78, 5) is 0. The molecule has 1 aromatic carbocycles. The zero-order valence-electron chi connectivity index (χ0n) is 12.8. The first-order valence-corrected chi connectivity index (χ1v) is 7.61. The summed E-state index contributed by atoms with van der Waals surface area (Å²) in [6.07, 6.45) is 3.42. The van der Waals surface area contributed by atoms with Gasteiger partial charge >= 0.3 is 0 Å². The van der Waals surface area contributed by atoms with Crippen molar-refractivity contribution in [2.24, 2.45) is 11.8 Å². The molecular formula is C18H24FNO. The number of hydrogen-bond acceptors (Lipinski definition) is 2. The molecule has 1 N–H and O–H groups in total. The van der Waals surface area contributed by atoms with Gasteiger partial charge in [-0.25, -0.2) is 4.39 Å². The summed E-state index contributed by atoms with van der Waals surface area (Å²) in [5, 5.41) is 3.50. The van der Waals surface area contributed by atoms with Gasteiger partial charge in [-0.1, -0.05) is 26.0 Å². The van der Waals surface area contributed by atoms with Gasteiger partial charge in [0.05, 0.1) is 6.26 Å². The third-order valence-electron chi connectivity index (χ3n) is 3.47. The second-order valence-electron chi connectivity index (χ2n) is 6.04. The molecule has 1 unspecified atom stereocenters. The minimum Gasteiger partial charge on any atom is -0.469 e. The van der Waals surface area contributed by atoms with Crippen LogP contribution < -0.4 is 5.32 Å². The average molecular weight is 289 g/mol. The zero-order chi connectivity index (χ0) is 15.1. The zero-order valence-corrected chi connectivity index (χ0v) is 12.8. The lowest BCUT2D eigenvalue weighted by atomic mass is 9.94.